The highest BCUT2D eigenvalue weighted by molar-refractivity contribution is 5.97. The summed E-state index contributed by atoms with van der Waals surface area (Å²) in [6.45, 7) is 2.53. The highest BCUT2D eigenvalue weighted by atomic mass is 19.1. The molecule has 8 nitrogen and oxygen atoms in total. The number of anilines is 2. The van der Waals surface area contributed by atoms with E-state index in [0.29, 0.717) is 42.5 Å². The fourth-order valence-electron chi connectivity index (χ4n) is 3.93. The van der Waals surface area contributed by atoms with Crippen LogP contribution in [0.2, 0.25) is 0 Å². The maximum absolute atomic E-state index is 13.6. The van der Waals surface area contributed by atoms with Crippen molar-refractivity contribution in [3.8, 4) is 16.9 Å². The van der Waals surface area contributed by atoms with E-state index in [1.165, 1.54) is 17.0 Å². The van der Waals surface area contributed by atoms with E-state index in [0.717, 1.165) is 11.1 Å². The standard InChI is InChI=1S/C29H30FN5O3/c1-21-8-6-11-24(18-21)31-29(37)34(16-7-17-38-2)20-28(36)32-27-19-26(22-9-4-3-5-10-22)33-35(27)25-14-12-23(30)13-15-25/h3-6,8-15,18-19H,7,16-17,20H2,1-2H3,(H,31,37)(H,32,36). The van der Waals surface area contributed by atoms with Crippen LogP contribution in [0.15, 0.2) is 84.9 Å². The molecule has 196 valence electrons. The van der Waals surface area contributed by atoms with E-state index in [4.69, 9.17) is 4.74 Å². The van der Waals surface area contributed by atoms with E-state index in [9.17, 15) is 14.0 Å². The summed E-state index contributed by atoms with van der Waals surface area (Å²) in [6, 6.07) is 24.2. The molecule has 0 fully saturated rings. The molecule has 0 atom stereocenters. The van der Waals surface area contributed by atoms with Gasteiger partial charge < -0.3 is 20.3 Å². The molecule has 3 amide bonds. The minimum atomic E-state index is -0.398. The number of carbonyl (C=O) groups excluding carboxylic acids is 2. The quantitative estimate of drug-likeness (QED) is 0.273. The van der Waals surface area contributed by atoms with Crippen LogP contribution >= 0.6 is 0 Å². The summed E-state index contributed by atoms with van der Waals surface area (Å²) in [6.07, 6.45) is 0.566. The Hall–Kier alpha value is -4.50. The Morgan fingerprint density at radius 3 is 2.45 bits per heavy atom. The van der Waals surface area contributed by atoms with Crippen molar-refractivity contribution in [3.63, 3.8) is 0 Å². The molecule has 0 spiro atoms. The SMILES string of the molecule is COCCCN(CC(=O)Nc1cc(-c2ccccc2)nn1-c1ccc(F)cc1)C(=O)Nc1cccc(C)c1. The molecule has 2 N–H and O–H groups in total. The van der Waals surface area contributed by atoms with Gasteiger partial charge in [0.2, 0.25) is 5.91 Å². The summed E-state index contributed by atoms with van der Waals surface area (Å²) in [4.78, 5) is 27.7. The van der Waals surface area contributed by atoms with Gasteiger partial charge in [0, 0.05) is 37.6 Å². The van der Waals surface area contributed by atoms with Crippen LogP contribution in [-0.4, -0.2) is 53.4 Å². The molecule has 1 heterocycles. The van der Waals surface area contributed by atoms with Gasteiger partial charge >= 0.3 is 6.03 Å². The largest absolute Gasteiger partial charge is 0.385 e. The first kappa shape index (κ1) is 26.6. The molecule has 0 aliphatic carbocycles. The molecule has 0 bridgehead atoms. The molecule has 9 heteroatoms. The van der Waals surface area contributed by atoms with Crippen LogP contribution in [-0.2, 0) is 9.53 Å². The Kier molecular flexibility index (Phi) is 8.84. The Bertz CT molecular complexity index is 1370. The Morgan fingerprint density at radius 1 is 0.974 bits per heavy atom. The maximum Gasteiger partial charge on any atom is 0.322 e. The number of hydrogen-bond donors (Lipinski definition) is 2. The molecule has 0 saturated carbocycles. The third kappa shape index (κ3) is 7.04. The number of aryl methyl sites for hydroxylation is 1. The zero-order valence-electron chi connectivity index (χ0n) is 21.4. The molecule has 4 rings (SSSR count). The lowest BCUT2D eigenvalue weighted by Gasteiger charge is -2.23. The van der Waals surface area contributed by atoms with E-state index in [1.54, 1.807) is 36.1 Å². The molecule has 0 aliphatic heterocycles. The van der Waals surface area contributed by atoms with Gasteiger partial charge in [-0.1, -0.05) is 42.5 Å². The van der Waals surface area contributed by atoms with Crippen LogP contribution in [0.5, 0.6) is 0 Å². The highest BCUT2D eigenvalue weighted by Gasteiger charge is 2.20. The van der Waals surface area contributed by atoms with Crippen molar-refractivity contribution in [1.29, 1.82) is 0 Å². The van der Waals surface area contributed by atoms with Gasteiger partial charge in [-0.25, -0.2) is 13.9 Å². The average Bonchev–Trinajstić information content (AvgIpc) is 3.32. The predicted octanol–water partition coefficient (Wildman–Crippen LogP) is 5.50. The van der Waals surface area contributed by atoms with E-state index in [1.807, 2.05) is 55.5 Å². The summed E-state index contributed by atoms with van der Waals surface area (Å²) >= 11 is 0. The molecule has 3 aromatic carbocycles. The number of urea groups is 1. The van der Waals surface area contributed by atoms with Gasteiger partial charge in [0.1, 0.15) is 18.2 Å². The Morgan fingerprint density at radius 2 is 1.74 bits per heavy atom. The van der Waals surface area contributed by atoms with E-state index in [2.05, 4.69) is 15.7 Å². The smallest absolute Gasteiger partial charge is 0.322 e. The third-order valence-corrected chi connectivity index (χ3v) is 5.79. The zero-order valence-corrected chi connectivity index (χ0v) is 21.4. The average molecular weight is 516 g/mol. The van der Waals surface area contributed by atoms with E-state index >= 15 is 0 Å². The van der Waals surface area contributed by atoms with Crippen molar-refractivity contribution in [1.82, 2.24) is 14.7 Å². The molecule has 38 heavy (non-hydrogen) atoms. The number of rotatable bonds is 10. The Labute approximate surface area is 221 Å². The van der Waals surface area contributed by atoms with Crippen molar-refractivity contribution in [3.05, 3.63) is 96.3 Å². The number of benzene rings is 3. The molecule has 0 radical (unpaired) electrons. The second-order valence-corrected chi connectivity index (χ2v) is 8.78. The van der Waals surface area contributed by atoms with Crippen molar-refractivity contribution in [2.45, 2.75) is 13.3 Å². The second-order valence-electron chi connectivity index (χ2n) is 8.78. The first-order valence-corrected chi connectivity index (χ1v) is 12.3. The van der Waals surface area contributed by atoms with Gasteiger partial charge in [0.25, 0.3) is 0 Å². The van der Waals surface area contributed by atoms with Gasteiger partial charge in [-0.15, -0.1) is 0 Å². The van der Waals surface area contributed by atoms with Gasteiger partial charge in [0.05, 0.1) is 11.4 Å². The summed E-state index contributed by atoms with van der Waals surface area (Å²) < 4.78 is 20.2. The molecule has 0 saturated heterocycles. The molecular weight excluding hydrogens is 485 g/mol. The van der Waals surface area contributed by atoms with Crippen molar-refractivity contribution in [2.75, 3.05) is 37.4 Å². The molecule has 1 aromatic heterocycles. The van der Waals surface area contributed by atoms with Crippen LogP contribution < -0.4 is 10.6 Å². The topological polar surface area (TPSA) is 88.5 Å². The first-order valence-electron chi connectivity index (χ1n) is 12.3. The predicted molar refractivity (Wildman–Crippen MR) is 146 cm³/mol. The van der Waals surface area contributed by atoms with Gasteiger partial charge in [-0.05, 0) is 55.3 Å². The highest BCUT2D eigenvalue weighted by Crippen LogP contribution is 2.25. The van der Waals surface area contributed by atoms with Crippen molar-refractivity contribution < 1.29 is 18.7 Å². The summed E-state index contributed by atoms with van der Waals surface area (Å²) in [5.41, 5.74) is 3.74. The van der Waals surface area contributed by atoms with Crippen LogP contribution in [0.4, 0.5) is 20.7 Å². The van der Waals surface area contributed by atoms with Crippen LogP contribution in [0, 0.1) is 12.7 Å². The number of ether oxygens (including phenoxy) is 1. The lowest BCUT2D eigenvalue weighted by atomic mass is 10.1. The summed E-state index contributed by atoms with van der Waals surface area (Å²) in [7, 11) is 1.59. The fraction of sp³-hybridized carbons (Fsp3) is 0.207. The summed E-state index contributed by atoms with van der Waals surface area (Å²) in [5.74, 6) is -0.373. The number of aromatic nitrogens is 2. The van der Waals surface area contributed by atoms with E-state index in [-0.39, 0.29) is 18.4 Å². The number of methoxy groups -OCH3 is 1. The number of amides is 3. The number of hydrogen-bond acceptors (Lipinski definition) is 4. The van der Waals surface area contributed by atoms with E-state index < -0.39 is 5.91 Å². The lowest BCUT2D eigenvalue weighted by molar-refractivity contribution is -0.116. The minimum Gasteiger partial charge on any atom is -0.385 e. The van der Waals surface area contributed by atoms with Gasteiger partial charge in [0.15, 0.2) is 0 Å². The molecule has 4 aromatic rings. The molecule has 0 unspecified atom stereocenters. The number of nitrogens with one attached hydrogen (secondary N) is 2. The van der Waals surface area contributed by atoms with Crippen molar-refractivity contribution in [2.24, 2.45) is 0 Å². The summed E-state index contributed by atoms with van der Waals surface area (Å²) in [5, 5.41) is 10.4. The number of halogens is 1. The number of nitrogens with zero attached hydrogens (tertiary/aromatic N) is 3. The zero-order chi connectivity index (χ0) is 26.9. The van der Waals surface area contributed by atoms with Crippen molar-refractivity contribution >= 4 is 23.4 Å². The van der Waals surface area contributed by atoms with Crippen LogP contribution in [0.3, 0.4) is 0 Å². The lowest BCUT2D eigenvalue weighted by Crippen LogP contribution is -2.41. The van der Waals surface area contributed by atoms with Gasteiger partial charge in [-0.2, -0.15) is 5.10 Å². The Balaban J connectivity index is 1.55. The monoisotopic (exact) mass is 515 g/mol. The minimum absolute atomic E-state index is 0.184. The molecular formula is C29H30FN5O3. The van der Waals surface area contributed by atoms with Crippen LogP contribution in [0.1, 0.15) is 12.0 Å². The van der Waals surface area contributed by atoms with Crippen LogP contribution in [0.25, 0.3) is 16.9 Å². The maximum atomic E-state index is 13.6. The normalized spacial score (nSPS) is 10.7. The third-order valence-electron chi connectivity index (χ3n) is 5.79. The first-order chi connectivity index (χ1) is 18.4. The second kappa shape index (κ2) is 12.6. The van der Waals surface area contributed by atoms with Gasteiger partial charge in [-0.3, -0.25) is 4.79 Å². The fourth-order valence-corrected chi connectivity index (χ4v) is 3.93. The molecule has 0 aliphatic rings. The number of carbonyl (C=O) groups is 2.